The standard InChI is InChI=1S/C16H19N3O2/c1-10-6-7-15(21-10)14-9-13(18-16(17)19-14)11-4-3-5-12(8-11)20-2/h3-8,13-14H,9H2,1-2H3,(H3,17,18,19). The van der Waals surface area contributed by atoms with Crippen LogP contribution in [0.3, 0.4) is 0 Å². The fraction of sp³-hybridized carbons (Fsp3) is 0.312. The number of nitrogens with zero attached hydrogens (tertiary/aromatic N) is 1. The highest BCUT2D eigenvalue weighted by atomic mass is 16.5. The highest BCUT2D eigenvalue weighted by Crippen LogP contribution is 2.33. The fourth-order valence-electron chi connectivity index (χ4n) is 2.61. The minimum absolute atomic E-state index is 0.00300. The number of hydrogen-bond acceptors (Lipinski definition) is 5. The van der Waals surface area contributed by atoms with Crippen molar-refractivity contribution in [2.24, 2.45) is 10.7 Å². The molecule has 5 heteroatoms. The number of nitrogens with two attached hydrogens (primary N) is 1. The van der Waals surface area contributed by atoms with Crippen LogP contribution in [0.1, 0.15) is 35.6 Å². The fourth-order valence-corrected chi connectivity index (χ4v) is 2.61. The molecule has 0 aliphatic carbocycles. The first-order chi connectivity index (χ1) is 10.2. The van der Waals surface area contributed by atoms with Crippen molar-refractivity contribution in [1.29, 1.82) is 0 Å². The third-order valence-corrected chi connectivity index (χ3v) is 3.66. The highest BCUT2D eigenvalue weighted by molar-refractivity contribution is 5.79. The summed E-state index contributed by atoms with van der Waals surface area (Å²) < 4.78 is 11.0. The van der Waals surface area contributed by atoms with E-state index in [0.29, 0.717) is 5.96 Å². The molecule has 21 heavy (non-hydrogen) atoms. The van der Waals surface area contributed by atoms with Crippen molar-refractivity contribution in [3.05, 3.63) is 53.5 Å². The van der Waals surface area contributed by atoms with Crippen molar-refractivity contribution < 1.29 is 9.15 Å². The molecule has 0 saturated carbocycles. The van der Waals surface area contributed by atoms with Gasteiger partial charge >= 0.3 is 0 Å². The van der Waals surface area contributed by atoms with Crippen molar-refractivity contribution in [1.82, 2.24) is 5.32 Å². The van der Waals surface area contributed by atoms with Crippen LogP contribution in [0.15, 0.2) is 45.8 Å². The molecule has 0 bridgehead atoms. The van der Waals surface area contributed by atoms with Crippen LogP contribution in [0.4, 0.5) is 0 Å². The van der Waals surface area contributed by atoms with Crippen LogP contribution in [0, 0.1) is 6.92 Å². The van der Waals surface area contributed by atoms with Crippen LogP contribution in [0.2, 0.25) is 0 Å². The number of benzene rings is 1. The topological polar surface area (TPSA) is 72.8 Å². The third-order valence-electron chi connectivity index (χ3n) is 3.66. The number of nitrogens with one attached hydrogen (secondary N) is 1. The summed E-state index contributed by atoms with van der Waals surface area (Å²) in [7, 11) is 1.66. The van der Waals surface area contributed by atoms with E-state index in [1.165, 1.54) is 0 Å². The van der Waals surface area contributed by atoms with E-state index < -0.39 is 0 Å². The van der Waals surface area contributed by atoms with Crippen molar-refractivity contribution in [2.75, 3.05) is 7.11 Å². The second-order valence-corrected chi connectivity index (χ2v) is 5.19. The molecule has 1 aliphatic rings. The van der Waals surface area contributed by atoms with Gasteiger partial charge in [0.05, 0.1) is 19.2 Å². The van der Waals surface area contributed by atoms with E-state index in [1.54, 1.807) is 7.11 Å². The van der Waals surface area contributed by atoms with E-state index in [0.717, 1.165) is 29.3 Å². The largest absolute Gasteiger partial charge is 0.497 e. The second-order valence-electron chi connectivity index (χ2n) is 5.19. The molecule has 1 aliphatic heterocycles. The van der Waals surface area contributed by atoms with Crippen LogP contribution in [-0.4, -0.2) is 13.1 Å². The molecule has 110 valence electrons. The van der Waals surface area contributed by atoms with Crippen LogP contribution < -0.4 is 15.8 Å². The zero-order chi connectivity index (χ0) is 14.8. The molecule has 3 N–H and O–H groups in total. The molecule has 1 aromatic carbocycles. The first kappa shape index (κ1) is 13.5. The Morgan fingerprint density at radius 2 is 2.19 bits per heavy atom. The monoisotopic (exact) mass is 285 g/mol. The number of aliphatic imine (C=N–C) groups is 1. The Morgan fingerprint density at radius 3 is 2.90 bits per heavy atom. The van der Waals surface area contributed by atoms with Gasteiger partial charge in [-0.1, -0.05) is 12.1 Å². The summed E-state index contributed by atoms with van der Waals surface area (Å²) in [6, 6.07) is 11.9. The predicted octanol–water partition coefficient (Wildman–Crippen LogP) is 2.69. The van der Waals surface area contributed by atoms with E-state index in [2.05, 4.69) is 10.3 Å². The summed E-state index contributed by atoms with van der Waals surface area (Å²) in [5, 5.41) is 3.18. The summed E-state index contributed by atoms with van der Waals surface area (Å²) in [6.45, 7) is 1.93. The van der Waals surface area contributed by atoms with Gasteiger partial charge in [0.25, 0.3) is 0 Å². The first-order valence-electron chi connectivity index (χ1n) is 6.96. The Hall–Kier alpha value is -2.43. The van der Waals surface area contributed by atoms with Gasteiger partial charge in [0.1, 0.15) is 17.3 Å². The Kier molecular flexibility index (Phi) is 3.56. The minimum atomic E-state index is -0.00300. The molecule has 0 radical (unpaired) electrons. The quantitative estimate of drug-likeness (QED) is 0.909. The van der Waals surface area contributed by atoms with Crippen LogP contribution in [0.5, 0.6) is 5.75 Å². The zero-order valence-electron chi connectivity index (χ0n) is 12.2. The van der Waals surface area contributed by atoms with Crippen molar-refractivity contribution in [3.8, 4) is 5.75 Å². The van der Waals surface area contributed by atoms with Gasteiger partial charge in [-0.25, -0.2) is 4.99 Å². The lowest BCUT2D eigenvalue weighted by Gasteiger charge is -2.27. The van der Waals surface area contributed by atoms with Gasteiger partial charge in [-0.2, -0.15) is 0 Å². The molecule has 0 saturated heterocycles. The van der Waals surface area contributed by atoms with E-state index in [1.807, 2.05) is 43.3 Å². The molecule has 2 atom stereocenters. The van der Waals surface area contributed by atoms with Crippen molar-refractivity contribution in [2.45, 2.75) is 25.4 Å². The Balaban J connectivity index is 1.87. The maximum absolute atomic E-state index is 5.93. The molecular formula is C16H19N3O2. The summed E-state index contributed by atoms with van der Waals surface area (Å²) in [6.07, 6.45) is 0.792. The molecule has 2 unspecified atom stereocenters. The average Bonchev–Trinajstić information content (AvgIpc) is 2.93. The number of aryl methyl sites for hydroxylation is 1. The number of guanidine groups is 1. The van der Waals surface area contributed by atoms with E-state index in [4.69, 9.17) is 14.9 Å². The Bertz CT molecular complexity index is 663. The van der Waals surface area contributed by atoms with Gasteiger partial charge in [0, 0.05) is 6.42 Å². The lowest BCUT2D eigenvalue weighted by atomic mass is 9.97. The van der Waals surface area contributed by atoms with Gasteiger partial charge in [0.15, 0.2) is 5.96 Å². The van der Waals surface area contributed by atoms with E-state index in [9.17, 15) is 0 Å². The first-order valence-corrected chi connectivity index (χ1v) is 6.96. The van der Waals surface area contributed by atoms with Crippen molar-refractivity contribution in [3.63, 3.8) is 0 Å². The van der Waals surface area contributed by atoms with Crippen LogP contribution >= 0.6 is 0 Å². The lowest BCUT2D eigenvalue weighted by molar-refractivity contribution is 0.383. The van der Waals surface area contributed by atoms with Crippen LogP contribution in [-0.2, 0) is 0 Å². The maximum atomic E-state index is 5.93. The zero-order valence-corrected chi connectivity index (χ0v) is 12.2. The SMILES string of the molecule is COc1cccc(C2CC(c3ccc(C)o3)NC(N)=N2)c1. The number of methoxy groups -OCH3 is 1. The number of hydrogen-bond donors (Lipinski definition) is 2. The normalized spacial score (nSPS) is 21.5. The van der Waals surface area contributed by atoms with E-state index in [-0.39, 0.29) is 12.1 Å². The number of furan rings is 1. The van der Waals surface area contributed by atoms with Crippen molar-refractivity contribution >= 4 is 5.96 Å². The summed E-state index contributed by atoms with van der Waals surface area (Å²) in [5.74, 6) is 3.04. The lowest BCUT2D eigenvalue weighted by Crippen LogP contribution is -2.39. The summed E-state index contributed by atoms with van der Waals surface area (Å²) >= 11 is 0. The number of rotatable bonds is 3. The molecule has 0 amide bonds. The van der Waals surface area contributed by atoms with Gasteiger partial charge < -0.3 is 20.2 Å². The average molecular weight is 285 g/mol. The molecule has 5 nitrogen and oxygen atoms in total. The predicted molar refractivity (Wildman–Crippen MR) is 81.3 cm³/mol. The number of ether oxygens (including phenoxy) is 1. The van der Waals surface area contributed by atoms with Gasteiger partial charge in [-0.15, -0.1) is 0 Å². The second kappa shape index (κ2) is 5.52. The van der Waals surface area contributed by atoms with Gasteiger partial charge in [-0.3, -0.25) is 0 Å². The minimum Gasteiger partial charge on any atom is -0.497 e. The highest BCUT2D eigenvalue weighted by Gasteiger charge is 2.26. The molecule has 0 fully saturated rings. The molecule has 2 heterocycles. The summed E-state index contributed by atoms with van der Waals surface area (Å²) in [5.41, 5.74) is 7.02. The Labute approximate surface area is 123 Å². The van der Waals surface area contributed by atoms with Crippen LogP contribution in [0.25, 0.3) is 0 Å². The summed E-state index contributed by atoms with van der Waals surface area (Å²) in [4.78, 5) is 4.50. The molecule has 2 aromatic rings. The third kappa shape index (κ3) is 2.86. The molecular weight excluding hydrogens is 266 g/mol. The van der Waals surface area contributed by atoms with Gasteiger partial charge in [-0.05, 0) is 36.8 Å². The molecule has 1 aromatic heterocycles. The smallest absolute Gasteiger partial charge is 0.189 e. The maximum Gasteiger partial charge on any atom is 0.189 e. The molecule has 0 spiro atoms. The molecule has 3 rings (SSSR count). The van der Waals surface area contributed by atoms with E-state index >= 15 is 0 Å². The van der Waals surface area contributed by atoms with Gasteiger partial charge in [0.2, 0.25) is 0 Å². The Morgan fingerprint density at radius 1 is 1.33 bits per heavy atom.